The van der Waals surface area contributed by atoms with Crippen LogP contribution >= 0.6 is 0 Å². The summed E-state index contributed by atoms with van der Waals surface area (Å²) in [7, 11) is 0. The summed E-state index contributed by atoms with van der Waals surface area (Å²) in [6.45, 7) is 19.3. The molecule has 154 valence electrons. The molecule has 0 atom stereocenters. The van der Waals surface area contributed by atoms with E-state index in [2.05, 4.69) is 84.6 Å². The van der Waals surface area contributed by atoms with Crippen molar-refractivity contribution >= 4 is 0 Å². The number of pyridine rings is 1. The Kier molecular flexibility index (Phi) is 8.06. The second-order valence-electron chi connectivity index (χ2n) is 8.05. The molecule has 0 unspecified atom stereocenters. The third-order valence-corrected chi connectivity index (χ3v) is 5.41. The smallest absolute Gasteiger partial charge is 0.128 e. The summed E-state index contributed by atoms with van der Waals surface area (Å²) in [5, 5.41) is 0. The van der Waals surface area contributed by atoms with E-state index in [0.717, 1.165) is 43.1 Å². The molecule has 1 heterocycles. The number of aryl methyl sites for hydroxylation is 3. The van der Waals surface area contributed by atoms with E-state index in [9.17, 15) is 0 Å². The molecule has 0 aliphatic heterocycles. The molecule has 0 radical (unpaired) electrons. The Morgan fingerprint density at radius 1 is 1.00 bits per heavy atom. The van der Waals surface area contributed by atoms with Gasteiger partial charge in [0.2, 0.25) is 0 Å². The Bertz CT molecular complexity index is 758. The van der Waals surface area contributed by atoms with E-state index in [1.807, 2.05) is 0 Å². The maximum atomic E-state index is 6.29. The summed E-state index contributed by atoms with van der Waals surface area (Å²) in [4.78, 5) is 7.52. The first-order valence-electron chi connectivity index (χ1n) is 10.8. The minimum atomic E-state index is 0.134. The van der Waals surface area contributed by atoms with E-state index in [-0.39, 0.29) is 6.10 Å². The highest BCUT2D eigenvalue weighted by Crippen LogP contribution is 2.34. The zero-order chi connectivity index (χ0) is 20.8. The van der Waals surface area contributed by atoms with Crippen LogP contribution in [-0.4, -0.2) is 28.6 Å². The summed E-state index contributed by atoms with van der Waals surface area (Å²) in [5.41, 5.74) is 7.31. The number of benzene rings is 1. The molecule has 28 heavy (non-hydrogen) atoms. The first-order chi connectivity index (χ1) is 13.3. The standard InChI is InChI=1S/C25H38N2O/c1-9-20-13-12-14-21(10-2)25(20)23-15-24(28-18(6)7)22(19(8)26-23)16-27(11-3)17(4)5/h12-15,17-18H,9-11,16H2,1-8H3. The van der Waals surface area contributed by atoms with Crippen LogP contribution < -0.4 is 4.74 Å². The molecule has 1 aromatic carbocycles. The second-order valence-corrected chi connectivity index (χ2v) is 8.05. The lowest BCUT2D eigenvalue weighted by Gasteiger charge is -2.27. The second kappa shape index (κ2) is 10.1. The molecule has 2 aromatic rings. The van der Waals surface area contributed by atoms with Crippen molar-refractivity contribution in [2.24, 2.45) is 0 Å². The molecule has 3 nitrogen and oxygen atoms in total. The third kappa shape index (κ3) is 5.14. The van der Waals surface area contributed by atoms with Gasteiger partial charge in [-0.05, 0) is 65.1 Å². The highest BCUT2D eigenvalue weighted by atomic mass is 16.5. The minimum Gasteiger partial charge on any atom is -0.491 e. The highest BCUT2D eigenvalue weighted by Gasteiger charge is 2.19. The lowest BCUT2D eigenvalue weighted by Crippen LogP contribution is -2.30. The number of hydrogen-bond acceptors (Lipinski definition) is 3. The van der Waals surface area contributed by atoms with Gasteiger partial charge in [-0.25, -0.2) is 0 Å². The Morgan fingerprint density at radius 3 is 2.07 bits per heavy atom. The number of ether oxygens (including phenoxy) is 1. The van der Waals surface area contributed by atoms with Gasteiger partial charge in [0.15, 0.2) is 0 Å². The first kappa shape index (κ1) is 22.4. The van der Waals surface area contributed by atoms with Crippen LogP contribution in [0.2, 0.25) is 0 Å². The van der Waals surface area contributed by atoms with E-state index < -0.39 is 0 Å². The van der Waals surface area contributed by atoms with E-state index >= 15 is 0 Å². The Balaban J connectivity index is 2.63. The van der Waals surface area contributed by atoms with Crippen molar-refractivity contribution in [1.82, 2.24) is 9.88 Å². The molecule has 2 rings (SSSR count). The molecule has 0 bridgehead atoms. The molecule has 1 aromatic heterocycles. The Morgan fingerprint density at radius 2 is 1.61 bits per heavy atom. The fraction of sp³-hybridized carbons (Fsp3) is 0.560. The summed E-state index contributed by atoms with van der Waals surface area (Å²) >= 11 is 0. The third-order valence-electron chi connectivity index (χ3n) is 5.41. The van der Waals surface area contributed by atoms with Crippen LogP contribution in [0.15, 0.2) is 24.3 Å². The average molecular weight is 383 g/mol. The van der Waals surface area contributed by atoms with Crippen LogP contribution in [-0.2, 0) is 19.4 Å². The fourth-order valence-electron chi connectivity index (χ4n) is 3.78. The van der Waals surface area contributed by atoms with Gasteiger partial charge in [-0.3, -0.25) is 9.88 Å². The maximum Gasteiger partial charge on any atom is 0.128 e. The lowest BCUT2D eigenvalue weighted by atomic mass is 9.94. The zero-order valence-electron chi connectivity index (χ0n) is 19.1. The predicted molar refractivity (Wildman–Crippen MR) is 120 cm³/mol. The molecule has 0 saturated heterocycles. The van der Waals surface area contributed by atoms with Gasteiger partial charge in [0, 0.05) is 35.5 Å². The molecule has 0 saturated carbocycles. The van der Waals surface area contributed by atoms with Gasteiger partial charge in [0.25, 0.3) is 0 Å². The molecule has 0 aliphatic carbocycles. The number of aromatic nitrogens is 1. The molecular formula is C25H38N2O. The van der Waals surface area contributed by atoms with Crippen LogP contribution in [0.3, 0.4) is 0 Å². The van der Waals surface area contributed by atoms with Crippen molar-refractivity contribution in [2.45, 2.75) is 86.9 Å². The molecule has 0 spiro atoms. The summed E-state index contributed by atoms with van der Waals surface area (Å²) in [6, 6.07) is 9.27. The number of hydrogen-bond donors (Lipinski definition) is 0. The monoisotopic (exact) mass is 382 g/mol. The largest absolute Gasteiger partial charge is 0.491 e. The number of rotatable bonds is 9. The van der Waals surface area contributed by atoms with E-state index in [1.165, 1.54) is 22.3 Å². The number of nitrogens with zero attached hydrogens (tertiary/aromatic N) is 2. The van der Waals surface area contributed by atoms with Crippen LogP contribution in [0.1, 0.15) is 70.9 Å². The van der Waals surface area contributed by atoms with Crippen molar-refractivity contribution < 1.29 is 4.74 Å². The summed E-state index contributed by atoms with van der Waals surface area (Å²) in [6.07, 6.45) is 2.14. The minimum absolute atomic E-state index is 0.134. The molecule has 0 amide bonds. The first-order valence-corrected chi connectivity index (χ1v) is 10.8. The van der Waals surface area contributed by atoms with Gasteiger partial charge in [0.1, 0.15) is 5.75 Å². The van der Waals surface area contributed by atoms with Gasteiger partial charge in [-0.2, -0.15) is 0 Å². The van der Waals surface area contributed by atoms with E-state index in [4.69, 9.17) is 9.72 Å². The van der Waals surface area contributed by atoms with E-state index in [1.54, 1.807) is 0 Å². The Hall–Kier alpha value is -1.87. The average Bonchev–Trinajstić information content (AvgIpc) is 2.65. The van der Waals surface area contributed by atoms with Crippen molar-refractivity contribution in [2.75, 3.05) is 6.54 Å². The van der Waals surface area contributed by atoms with Gasteiger partial charge >= 0.3 is 0 Å². The predicted octanol–water partition coefficient (Wildman–Crippen LogP) is 6.20. The van der Waals surface area contributed by atoms with Crippen molar-refractivity contribution in [1.29, 1.82) is 0 Å². The SMILES string of the molecule is CCc1cccc(CC)c1-c1cc(OC(C)C)c(CN(CC)C(C)C)c(C)n1. The molecule has 0 aliphatic rings. The van der Waals surface area contributed by atoms with Crippen LogP contribution in [0.5, 0.6) is 5.75 Å². The Labute approximate surface area is 172 Å². The van der Waals surface area contributed by atoms with Crippen LogP contribution in [0, 0.1) is 6.92 Å². The van der Waals surface area contributed by atoms with Gasteiger partial charge < -0.3 is 4.74 Å². The fourth-order valence-corrected chi connectivity index (χ4v) is 3.78. The highest BCUT2D eigenvalue weighted by molar-refractivity contribution is 5.70. The molecule has 0 N–H and O–H groups in total. The quantitative estimate of drug-likeness (QED) is 0.516. The molecule has 3 heteroatoms. The van der Waals surface area contributed by atoms with E-state index in [0.29, 0.717) is 6.04 Å². The van der Waals surface area contributed by atoms with Gasteiger partial charge in [-0.1, -0.05) is 39.0 Å². The van der Waals surface area contributed by atoms with Crippen LogP contribution in [0.25, 0.3) is 11.3 Å². The topological polar surface area (TPSA) is 25.4 Å². The lowest BCUT2D eigenvalue weighted by molar-refractivity contribution is 0.208. The molecular weight excluding hydrogens is 344 g/mol. The van der Waals surface area contributed by atoms with Crippen molar-refractivity contribution in [3.8, 4) is 17.0 Å². The van der Waals surface area contributed by atoms with Crippen LogP contribution in [0.4, 0.5) is 0 Å². The van der Waals surface area contributed by atoms with Gasteiger partial charge in [-0.15, -0.1) is 0 Å². The normalized spacial score (nSPS) is 11.7. The molecule has 0 fully saturated rings. The zero-order valence-corrected chi connectivity index (χ0v) is 19.1. The van der Waals surface area contributed by atoms with Crippen molar-refractivity contribution in [3.05, 3.63) is 46.6 Å². The maximum absolute atomic E-state index is 6.29. The summed E-state index contributed by atoms with van der Waals surface area (Å²) < 4.78 is 6.29. The van der Waals surface area contributed by atoms with Gasteiger partial charge in [0.05, 0.1) is 11.8 Å². The van der Waals surface area contributed by atoms with Crippen molar-refractivity contribution in [3.63, 3.8) is 0 Å². The summed E-state index contributed by atoms with van der Waals surface area (Å²) in [5.74, 6) is 0.976.